The third-order valence-electron chi connectivity index (χ3n) is 1.41. The first kappa shape index (κ1) is 9.37. The monoisotopic (exact) mass is 181 g/mol. The van der Waals surface area contributed by atoms with E-state index in [4.69, 9.17) is 0 Å². The van der Waals surface area contributed by atoms with Crippen LogP contribution in [0.25, 0.3) is 0 Å². The second kappa shape index (κ2) is 4.34. The number of aryl methyl sites for hydroxylation is 3. The average Bonchev–Trinajstić information content (AvgIpc) is 2.67. The van der Waals surface area contributed by atoms with Crippen LogP contribution in [-0.4, -0.2) is 25.1 Å². The first-order valence-corrected chi connectivity index (χ1v) is 3.74. The van der Waals surface area contributed by atoms with E-state index in [0.29, 0.717) is 0 Å². The highest BCUT2D eigenvalue weighted by molar-refractivity contribution is 5.00. The quantitative estimate of drug-likeness (QED) is 0.592. The van der Waals surface area contributed by atoms with E-state index in [1.807, 2.05) is 20.9 Å². The van der Waals surface area contributed by atoms with Crippen molar-refractivity contribution in [1.82, 2.24) is 25.1 Å². The van der Waals surface area contributed by atoms with E-state index in [-0.39, 0.29) is 0 Å². The Balaban J connectivity index is 0.000000132. The minimum atomic E-state index is 0.861. The summed E-state index contributed by atoms with van der Waals surface area (Å²) in [5.41, 5.74) is 1.72. The highest BCUT2D eigenvalue weighted by Gasteiger charge is 1.93. The predicted molar refractivity (Wildman–Crippen MR) is 44.8 cm³/mol. The molecule has 0 aliphatic heterocycles. The smallest absolute Gasteiger partial charge is 0.119 e. The summed E-state index contributed by atoms with van der Waals surface area (Å²) in [5, 5.41) is 14.1. The van der Waals surface area contributed by atoms with Gasteiger partial charge < -0.3 is 4.57 Å². The first-order chi connectivity index (χ1) is 6.20. The van der Waals surface area contributed by atoms with E-state index < -0.39 is 0 Å². The maximum absolute atomic E-state index is 4.34. The van der Waals surface area contributed by atoms with Crippen LogP contribution >= 0.6 is 0 Å². The SMILES string of the molecule is Cc1nonc1C.Cn1cnnc1. The Labute approximate surface area is 75.6 Å². The molecule has 0 saturated carbocycles. The van der Waals surface area contributed by atoms with Gasteiger partial charge in [0.1, 0.15) is 24.0 Å². The molecule has 6 nitrogen and oxygen atoms in total. The van der Waals surface area contributed by atoms with Gasteiger partial charge in [-0.2, -0.15) is 0 Å². The molecule has 0 aliphatic carbocycles. The van der Waals surface area contributed by atoms with Crippen molar-refractivity contribution < 1.29 is 4.63 Å². The van der Waals surface area contributed by atoms with Gasteiger partial charge in [0.2, 0.25) is 0 Å². The van der Waals surface area contributed by atoms with Crippen molar-refractivity contribution in [3.05, 3.63) is 24.0 Å². The van der Waals surface area contributed by atoms with Crippen LogP contribution in [0.3, 0.4) is 0 Å². The van der Waals surface area contributed by atoms with Crippen molar-refractivity contribution in [3.8, 4) is 0 Å². The summed E-state index contributed by atoms with van der Waals surface area (Å²) in [6.07, 6.45) is 3.28. The molecule has 0 aromatic carbocycles. The Kier molecular flexibility index (Phi) is 3.13. The molecule has 0 unspecified atom stereocenters. The summed E-state index contributed by atoms with van der Waals surface area (Å²) < 4.78 is 6.12. The lowest BCUT2D eigenvalue weighted by Crippen LogP contribution is -1.76. The van der Waals surface area contributed by atoms with Crippen LogP contribution in [0.5, 0.6) is 0 Å². The minimum absolute atomic E-state index is 0.861. The van der Waals surface area contributed by atoms with Crippen molar-refractivity contribution in [2.75, 3.05) is 0 Å². The molecule has 70 valence electrons. The molecule has 0 radical (unpaired) electrons. The molecule has 2 aromatic rings. The molecule has 2 heterocycles. The van der Waals surface area contributed by atoms with Gasteiger partial charge in [-0.15, -0.1) is 10.2 Å². The second-order valence-corrected chi connectivity index (χ2v) is 2.56. The average molecular weight is 181 g/mol. The van der Waals surface area contributed by atoms with Crippen LogP contribution < -0.4 is 0 Å². The summed E-state index contributed by atoms with van der Waals surface area (Å²) in [5.74, 6) is 0. The van der Waals surface area contributed by atoms with Crippen LogP contribution in [-0.2, 0) is 7.05 Å². The van der Waals surface area contributed by atoms with Crippen molar-refractivity contribution in [2.24, 2.45) is 7.05 Å². The largest absolute Gasteiger partial charge is 0.323 e. The van der Waals surface area contributed by atoms with Gasteiger partial charge >= 0.3 is 0 Å². The van der Waals surface area contributed by atoms with Gasteiger partial charge in [0.15, 0.2) is 0 Å². The standard InChI is InChI=1S/C4H6N2O.C3H5N3/c1-3-4(2)6-7-5-3;1-6-2-4-5-3-6/h1-2H3;2-3H,1H3. The number of aromatic nitrogens is 5. The normalized spacial score (nSPS) is 9.15. The van der Waals surface area contributed by atoms with Gasteiger partial charge in [0.05, 0.1) is 0 Å². The Hall–Kier alpha value is -1.72. The molecular formula is C7H11N5O. The number of nitrogens with zero attached hydrogens (tertiary/aromatic N) is 5. The molecule has 0 bridgehead atoms. The third-order valence-corrected chi connectivity index (χ3v) is 1.41. The number of hydrogen-bond donors (Lipinski definition) is 0. The molecule has 0 aliphatic rings. The van der Waals surface area contributed by atoms with Crippen molar-refractivity contribution in [2.45, 2.75) is 13.8 Å². The van der Waals surface area contributed by atoms with Crippen LogP contribution in [0.15, 0.2) is 17.3 Å². The van der Waals surface area contributed by atoms with E-state index in [0.717, 1.165) is 11.4 Å². The van der Waals surface area contributed by atoms with Gasteiger partial charge in [-0.25, -0.2) is 4.63 Å². The van der Waals surface area contributed by atoms with Gasteiger partial charge in [0.25, 0.3) is 0 Å². The maximum atomic E-state index is 4.34. The molecule has 0 N–H and O–H groups in total. The molecule has 13 heavy (non-hydrogen) atoms. The molecule has 0 spiro atoms. The fraction of sp³-hybridized carbons (Fsp3) is 0.429. The van der Waals surface area contributed by atoms with Crippen LogP contribution in [0.1, 0.15) is 11.4 Å². The fourth-order valence-electron chi connectivity index (χ4n) is 0.527. The van der Waals surface area contributed by atoms with E-state index >= 15 is 0 Å². The Morgan fingerprint density at radius 2 is 1.54 bits per heavy atom. The summed E-state index contributed by atoms with van der Waals surface area (Å²) in [4.78, 5) is 0. The van der Waals surface area contributed by atoms with E-state index in [1.165, 1.54) is 0 Å². The van der Waals surface area contributed by atoms with Gasteiger partial charge in [-0.1, -0.05) is 10.3 Å². The second-order valence-electron chi connectivity index (χ2n) is 2.56. The third kappa shape index (κ3) is 3.02. The molecule has 6 heteroatoms. The van der Waals surface area contributed by atoms with Crippen LogP contribution in [0.4, 0.5) is 0 Å². The lowest BCUT2D eigenvalue weighted by molar-refractivity contribution is 0.302. The van der Waals surface area contributed by atoms with Gasteiger partial charge in [-0.3, -0.25) is 0 Å². The van der Waals surface area contributed by atoms with Crippen molar-refractivity contribution >= 4 is 0 Å². The van der Waals surface area contributed by atoms with E-state index in [2.05, 4.69) is 25.1 Å². The topological polar surface area (TPSA) is 69.6 Å². The minimum Gasteiger partial charge on any atom is -0.323 e. The first-order valence-electron chi connectivity index (χ1n) is 3.74. The fourth-order valence-corrected chi connectivity index (χ4v) is 0.527. The Bertz CT molecular complexity index is 323. The summed E-state index contributed by atoms with van der Waals surface area (Å²) >= 11 is 0. The predicted octanol–water partition coefficient (Wildman–Crippen LogP) is 0.502. The summed E-state index contributed by atoms with van der Waals surface area (Å²) in [6, 6.07) is 0. The molecule has 2 aromatic heterocycles. The summed E-state index contributed by atoms with van der Waals surface area (Å²) in [7, 11) is 1.88. The number of hydrogen-bond acceptors (Lipinski definition) is 5. The zero-order valence-electron chi connectivity index (χ0n) is 7.80. The zero-order chi connectivity index (χ0) is 9.68. The molecule has 0 amide bonds. The van der Waals surface area contributed by atoms with E-state index in [9.17, 15) is 0 Å². The van der Waals surface area contributed by atoms with Crippen LogP contribution in [0.2, 0.25) is 0 Å². The Morgan fingerprint density at radius 1 is 1.08 bits per heavy atom. The highest BCUT2D eigenvalue weighted by Crippen LogP contribution is 1.94. The van der Waals surface area contributed by atoms with E-state index in [1.54, 1.807) is 17.2 Å². The van der Waals surface area contributed by atoms with Crippen molar-refractivity contribution in [1.29, 1.82) is 0 Å². The highest BCUT2D eigenvalue weighted by atomic mass is 16.6. The lowest BCUT2D eigenvalue weighted by Gasteiger charge is -1.74. The lowest BCUT2D eigenvalue weighted by atomic mass is 10.4. The maximum Gasteiger partial charge on any atom is 0.119 e. The van der Waals surface area contributed by atoms with Crippen molar-refractivity contribution in [3.63, 3.8) is 0 Å². The Morgan fingerprint density at radius 3 is 1.69 bits per heavy atom. The zero-order valence-corrected chi connectivity index (χ0v) is 7.80. The van der Waals surface area contributed by atoms with Gasteiger partial charge in [-0.05, 0) is 13.8 Å². The molecule has 2 rings (SSSR count). The molecule has 0 atom stereocenters. The van der Waals surface area contributed by atoms with Crippen LogP contribution in [0, 0.1) is 13.8 Å². The molecule has 0 fully saturated rings. The molecular weight excluding hydrogens is 170 g/mol. The van der Waals surface area contributed by atoms with Gasteiger partial charge in [0, 0.05) is 7.05 Å². The molecule has 0 saturated heterocycles. The summed E-state index contributed by atoms with van der Waals surface area (Å²) in [6.45, 7) is 3.71. The number of rotatable bonds is 0.